The molecular weight excluding hydrogens is 260 g/mol. The highest BCUT2D eigenvalue weighted by Gasteiger charge is 2.21. The third-order valence-corrected chi connectivity index (χ3v) is 3.11. The molecule has 0 atom stereocenters. The van der Waals surface area contributed by atoms with Crippen molar-refractivity contribution in [1.29, 1.82) is 0 Å². The molecule has 0 spiro atoms. The minimum atomic E-state index is -0.0741. The number of allylic oxidation sites excluding steroid dienone is 3. The first kappa shape index (κ1) is 13.6. The first-order chi connectivity index (χ1) is 9.13. The second kappa shape index (κ2) is 5.85. The Kier molecular flexibility index (Phi) is 4.17. The Morgan fingerprint density at radius 3 is 2.95 bits per heavy atom. The molecule has 0 bridgehead atoms. The summed E-state index contributed by atoms with van der Waals surface area (Å²) in [5.41, 5.74) is 2.77. The number of nitrogens with one attached hydrogen (secondary N) is 1. The van der Waals surface area contributed by atoms with Crippen molar-refractivity contribution in [2.75, 3.05) is 11.9 Å². The summed E-state index contributed by atoms with van der Waals surface area (Å²) >= 11 is 5.95. The fraction of sp³-hybridized carbons (Fsp3) is 0.200. The fourth-order valence-corrected chi connectivity index (χ4v) is 2.04. The Bertz CT molecular complexity index is 600. The lowest BCUT2D eigenvalue weighted by Gasteiger charge is -2.06. The van der Waals surface area contributed by atoms with E-state index in [0.29, 0.717) is 22.8 Å². The summed E-state index contributed by atoms with van der Waals surface area (Å²) in [6.07, 6.45) is 5.30. The summed E-state index contributed by atoms with van der Waals surface area (Å²) in [5.74, 6) is -0.0741. The highest BCUT2D eigenvalue weighted by Crippen LogP contribution is 2.27. The van der Waals surface area contributed by atoms with Gasteiger partial charge in [0.1, 0.15) is 5.70 Å². The molecular formula is C15H15ClN2O. The number of fused-ring (bicyclic) bond motifs is 1. The van der Waals surface area contributed by atoms with E-state index in [1.165, 1.54) is 0 Å². The number of aliphatic imine (C=N–C) groups is 1. The molecule has 0 aliphatic carbocycles. The van der Waals surface area contributed by atoms with Gasteiger partial charge in [-0.25, -0.2) is 0 Å². The first-order valence-electron chi connectivity index (χ1n) is 6.06. The standard InChI is InChI=1S/C15H15ClN2O/c1-3-4-7-17-14-10(2)9-18-13-8-11(16)5-6-12(13)15(14)19/h3-8,18H,9H2,1-2H3/b4-3-,17-7?. The van der Waals surface area contributed by atoms with E-state index in [4.69, 9.17) is 11.6 Å². The van der Waals surface area contributed by atoms with E-state index >= 15 is 0 Å². The molecule has 0 fully saturated rings. The second-order valence-corrected chi connectivity index (χ2v) is 4.74. The lowest BCUT2D eigenvalue weighted by Crippen LogP contribution is -2.03. The van der Waals surface area contributed by atoms with E-state index in [1.807, 2.05) is 19.9 Å². The summed E-state index contributed by atoms with van der Waals surface area (Å²) < 4.78 is 0. The average molecular weight is 275 g/mol. The molecule has 0 amide bonds. The maximum Gasteiger partial charge on any atom is 0.213 e. The smallest absolute Gasteiger partial charge is 0.213 e. The van der Waals surface area contributed by atoms with Crippen molar-refractivity contribution in [2.24, 2.45) is 4.99 Å². The third kappa shape index (κ3) is 2.93. The molecule has 0 saturated carbocycles. The highest BCUT2D eigenvalue weighted by atomic mass is 35.5. The number of benzene rings is 1. The van der Waals surface area contributed by atoms with Crippen molar-refractivity contribution in [2.45, 2.75) is 13.8 Å². The van der Waals surface area contributed by atoms with Crippen molar-refractivity contribution in [3.63, 3.8) is 0 Å². The van der Waals surface area contributed by atoms with Crippen LogP contribution >= 0.6 is 11.6 Å². The van der Waals surface area contributed by atoms with Crippen LogP contribution in [0.4, 0.5) is 5.69 Å². The molecule has 1 aromatic rings. The van der Waals surface area contributed by atoms with Crippen LogP contribution < -0.4 is 5.32 Å². The molecule has 0 unspecified atom stereocenters. The number of ketones is 1. The van der Waals surface area contributed by atoms with Gasteiger partial charge in [0.25, 0.3) is 0 Å². The van der Waals surface area contributed by atoms with Crippen molar-refractivity contribution < 1.29 is 4.79 Å². The quantitative estimate of drug-likeness (QED) is 0.832. The summed E-state index contributed by atoms with van der Waals surface area (Å²) in [7, 11) is 0. The fourth-order valence-electron chi connectivity index (χ4n) is 1.87. The Balaban J connectivity index is 2.44. The molecule has 1 heterocycles. The van der Waals surface area contributed by atoms with Crippen LogP contribution in [0.15, 0.2) is 46.6 Å². The minimum Gasteiger partial charge on any atom is -0.381 e. The number of carbonyl (C=O) groups is 1. The summed E-state index contributed by atoms with van der Waals surface area (Å²) in [6.45, 7) is 4.39. The number of nitrogens with zero attached hydrogens (tertiary/aromatic N) is 1. The largest absolute Gasteiger partial charge is 0.381 e. The average Bonchev–Trinajstić information content (AvgIpc) is 2.50. The summed E-state index contributed by atoms with van der Waals surface area (Å²) in [5, 5.41) is 3.82. The second-order valence-electron chi connectivity index (χ2n) is 4.31. The Labute approximate surface area is 117 Å². The van der Waals surface area contributed by atoms with Crippen LogP contribution in [0.25, 0.3) is 0 Å². The lowest BCUT2D eigenvalue weighted by molar-refractivity contribution is 0.103. The van der Waals surface area contributed by atoms with Gasteiger partial charge in [-0.1, -0.05) is 17.7 Å². The van der Waals surface area contributed by atoms with Gasteiger partial charge >= 0.3 is 0 Å². The van der Waals surface area contributed by atoms with Gasteiger partial charge in [-0.05, 0) is 43.7 Å². The van der Waals surface area contributed by atoms with E-state index < -0.39 is 0 Å². The zero-order valence-electron chi connectivity index (χ0n) is 10.9. The van der Waals surface area contributed by atoms with Gasteiger partial charge in [-0.15, -0.1) is 0 Å². The van der Waals surface area contributed by atoms with Crippen LogP contribution in [0.3, 0.4) is 0 Å². The normalized spacial score (nSPS) is 15.8. The molecule has 1 aliphatic rings. The molecule has 4 heteroatoms. The van der Waals surface area contributed by atoms with Crippen LogP contribution in [0.1, 0.15) is 24.2 Å². The van der Waals surface area contributed by atoms with E-state index in [1.54, 1.807) is 30.5 Å². The Morgan fingerprint density at radius 2 is 2.21 bits per heavy atom. The van der Waals surface area contributed by atoms with Gasteiger partial charge in [-0.3, -0.25) is 9.79 Å². The lowest BCUT2D eigenvalue weighted by atomic mass is 10.1. The van der Waals surface area contributed by atoms with Gasteiger partial charge in [0.15, 0.2) is 0 Å². The van der Waals surface area contributed by atoms with Crippen LogP contribution in [0.2, 0.25) is 5.02 Å². The minimum absolute atomic E-state index is 0.0741. The van der Waals surface area contributed by atoms with Crippen LogP contribution in [-0.4, -0.2) is 18.5 Å². The predicted octanol–water partition coefficient (Wildman–Crippen LogP) is 3.87. The molecule has 2 rings (SSSR count). The number of hydrogen-bond donors (Lipinski definition) is 1. The molecule has 0 saturated heterocycles. The molecule has 98 valence electrons. The molecule has 0 aromatic heterocycles. The molecule has 19 heavy (non-hydrogen) atoms. The van der Waals surface area contributed by atoms with E-state index in [-0.39, 0.29) is 5.78 Å². The highest BCUT2D eigenvalue weighted by molar-refractivity contribution is 6.31. The van der Waals surface area contributed by atoms with Gasteiger partial charge in [0.2, 0.25) is 5.78 Å². The number of Topliss-reactive ketones (excluding diaryl/α,β-unsaturated/α-hetero) is 1. The Morgan fingerprint density at radius 1 is 1.42 bits per heavy atom. The SMILES string of the molecule is C/C=C\C=NC1=C(C)CNc2cc(Cl)ccc2C1=O. The molecule has 1 aliphatic heterocycles. The number of carbonyl (C=O) groups excluding carboxylic acids is 1. The van der Waals surface area contributed by atoms with Crippen molar-refractivity contribution in [1.82, 2.24) is 0 Å². The zero-order chi connectivity index (χ0) is 13.8. The number of halogens is 1. The van der Waals surface area contributed by atoms with Crippen LogP contribution in [-0.2, 0) is 0 Å². The summed E-state index contributed by atoms with van der Waals surface area (Å²) in [6, 6.07) is 5.21. The molecule has 0 radical (unpaired) electrons. The zero-order valence-corrected chi connectivity index (χ0v) is 11.7. The van der Waals surface area contributed by atoms with Gasteiger partial charge in [0.05, 0.1) is 0 Å². The molecule has 1 aromatic carbocycles. The first-order valence-corrected chi connectivity index (χ1v) is 6.44. The van der Waals surface area contributed by atoms with Gasteiger partial charge < -0.3 is 5.32 Å². The molecule has 3 nitrogen and oxygen atoms in total. The van der Waals surface area contributed by atoms with E-state index in [9.17, 15) is 4.79 Å². The van der Waals surface area contributed by atoms with Crippen molar-refractivity contribution >= 4 is 29.3 Å². The maximum atomic E-state index is 12.5. The van der Waals surface area contributed by atoms with Gasteiger partial charge in [-0.2, -0.15) is 0 Å². The van der Waals surface area contributed by atoms with Crippen molar-refractivity contribution in [3.05, 3.63) is 52.2 Å². The maximum absolute atomic E-state index is 12.5. The van der Waals surface area contributed by atoms with E-state index in [2.05, 4.69) is 10.3 Å². The monoisotopic (exact) mass is 274 g/mol. The van der Waals surface area contributed by atoms with Gasteiger partial charge in [0, 0.05) is 29.0 Å². The number of anilines is 1. The van der Waals surface area contributed by atoms with Crippen LogP contribution in [0, 0.1) is 0 Å². The Hall–Kier alpha value is -1.87. The van der Waals surface area contributed by atoms with E-state index in [0.717, 1.165) is 11.3 Å². The predicted molar refractivity (Wildman–Crippen MR) is 80.3 cm³/mol. The number of rotatable bonds is 2. The summed E-state index contributed by atoms with van der Waals surface area (Å²) in [4.78, 5) is 16.7. The third-order valence-electron chi connectivity index (χ3n) is 2.87. The topological polar surface area (TPSA) is 41.5 Å². The van der Waals surface area contributed by atoms with Crippen LogP contribution in [0.5, 0.6) is 0 Å². The molecule has 1 N–H and O–H groups in total. The number of hydrogen-bond acceptors (Lipinski definition) is 3. The van der Waals surface area contributed by atoms with Crippen molar-refractivity contribution in [3.8, 4) is 0 Å².